The molecule has 0 aliphatic rings. The van der Waals surface area contributed by atoms with E-state index in [0.29, 0.717) is 6.29 Å². The second-order valence-electron chi connectivity index (χ2n) is 2.73. The molecule has 0 aromatic rings. The topological polar surface area (TPSA) is 80.7 Å². The summed E-state index contributed by atoms with van der Waals surface area (Å²) in [6.45, 7) is 2.84. The van der Waals surface area contributed by atoms with Gasteiger partial charge in [0.15, 0.2) is 5.41 Å². The molecule has 0 radical (unpaired) electrons. The van der Waals surface area contributed by atoms with E-state index in [1.165, 1.54) is 6.92 Å². The molecule has 0 aromatic heterocycles. The summed E-state index contributed by atoms with van der Waals surface area (Å²) in [5.74, 6) is -2.23. The Morgan fingerprint density at radius 3 is 2.38 bits per heavy atom. The van der Waals surface area contributed by atoms with Crippen LogP contribution in [0.1, 0.15) is 20.3 Å². The molecule has 13 heavy (non-hydrogen) atoms. The van der Waals surface area contributed by atoms with Gasteiger partial charge in [-0.2, -0.15) is 0 Å². The molecule has 1 N–H and O–H groups in total. The maximum absolute atomic E-state index is 11.1. The Morgan fingerprint density at radius 1 is 1.54 bits per heavy atom. The van der Waals surface area contributed by atoms with Crippen LogP contribution in [0.25, 0.3) is 0 Å². The van der Waals surface area contributed by atoms with Crippen molar-refractivity contribution in [1.82, 2.24) is 0 Å². The maximum Gasteiger partial charge on any atom is 0.323 e. The molecular weight excluding hydrogens is 176 g/mol. The van der Waals surface area contributed by atoms with Gasteiger partial charge in [-0.15, -0.1) is 0 Å². The van der Waals surface area contributed by atoms with Gasteiger partial charge in [0, 0.05) is 6.42 Å². The van der Waals surface area contributed by atoms with Crippen LogP contribution in [0.4, 0.5) is 0 Å². The lowest BCUT2D eigenvalue weighted by Gasteiger charge is -2.19. The van der Waals surface area contributed by atoms with Crippen LogP contribution in [0.2, 0.25) is 0 Å². The number of carbonyl (C=O) groups excluding carboxylic acids is 2. The molecule has 1 unspecified atom stereocenters. The molecule has 0 spiro atoms. The number of rotatable bonds is 5. The Balaban J connectivity index is 4.67. The predicted octanol–water partition coefficient (Wildman–Crippen LogP) is 0.229. The van der Waals surface area contributed by atoms with Crippen molar-refractivity contribution in [3.63, 3.8) is 0 Å². The first-order valence-electron chi connectivity index (χ1n) is 3.83. The number of aldehydes is 1. The number of esters is 1. The van der Waals surface area contributed by atoms with Gasteiger partial charge in [-0.1, -0.05) is 0 Å². The van der Waals surface area contributed by atoms with Gasteiger partial charge in [-0.05, 0) is 13.8 Å². The smallest absolute Gasteiger partial charge is 0.323 e. The molecule has 0 aliphatic heterocycles. The zero-order valence-electron chi connectivity index (χ0n) is 7.57. The van der Waals surface area contributed by atoms with Crippen LogP contribution < -0.4 is 0 Å². The van der Waals surface area contributed by atoms with Crippen LogP contribution in [-0.4, -0.2) is 29.9 Å². The molecule has 0 saturated heterocycles. The molecule has 0 amide bonds. The molecule has 0 rings (SSSR count). The van der Waals surface area contributed by atoms with E-state index < -0.39 is 17.4 Å². The number of hydrogen-bond acceptors (Lipinski definition) is 4. The fraction of sp³-hybridized carbons (Fsp3) is 0.625. The van der Waals surface area contributed by atoms with E-state index in [1.807, 2.05) is 0 Å². The largest absolute Gasteiger partial charge is 0.480 e. The van der Waals surface area contributed by atoms with Gasteiger partial charge < -0.3 is 14.6 Å². The summed E-state index contributed by atoms with van der Waals surface area (Å²) >= 11 is 0. The van der Waals surface area contributed by atoms with Gasteiger partial charge >= 0.3 is 11.9 Å². The lowest BCUT2D eigenvalue weighted by Crippen LogP contribution is -2.38. The third-order valence-electron chi connectivity index (χ3n) is 1.69. The standard InChI is InChI=1S/C8H12O5/c1-3-13-7(12)8(2,4-5-9)6(10)11/h5H,3-4H2,1-2H3,(H,10,11). The van der Waals surface area contributed by atoms with Crippen LogP contribution in [0.15, 0.2) is 0 Å². The second kappa shape index (κ2) is 4.59. The Kier molecular flexibility index (Phi) is 4.10. The van der Waals surface area contributed by atoms with Crippen LogP contribution in [-0.2, 0) is 19.1 Å². The zero-order chi connectivity index (χ0) is 10.5. The van der Waals surface area contributed by atoms with Crippen molar-refractivity contribution >= 4 is 18.2 Å². The molecule has 0 bridgehead atoms. The summed E-state index contributed by atoms with van der Waals surface area (Å²) in [6, 6.07) is 0. The minimum atomic E-state index is -1.75. The fourth-order valence-corrected chi connectivity index (χ4v) is 0.715. The maximum atomic E-state index is 11.1. The SMILES string of the molecule is CCOC(=O)C(C)(CC=O)C(=O)O. The molecule has 5 heteroatoms. The van der Waals surface area contributed by atoms with Crippen LogP contribution >= 0.6 is 0 Å². The Morgan fingerprint density at radius 2 is 2.08 bits per heavy atom. The summed E-state index contributed by atoms with van der Waals surface area (Å²) in [4.78, 5) is 32.0. The van der Waals surface area contributed by atoms with Gasteiger partial charge in [0.1, 0.15) is 6.29 Å². The summed E-state index contributed by atoms with van der Waals surface area (Å²) < 4.78 is 4.54. The highest BCUT2D eigenvalue weighted by molar-refractivity contribution is 6.00. The van der Waals surface area contributed by atoms with Gasteiger partial charge in [0.2, 0.25) is 0 Å². The first-order valence-corrected chi connectivity index (χ1v) is 3.83. The van der Waals surface area contributed by atoms with Crippen LogP contribution in [0.3, 0.4) is 0 Å². The van der Waals surface area contributed by atoms with E-state index >= 15 is 0 Å². The number of hydrogen-bond donors (Lipinski definition) is 1. The molecule has 0 fully saturated rings. The summed E-state index contributed by atoms with van der Waals surface area (Å²) in [5, 5.41) is 8.70. The molecule has 1 atom stereocenters. The Bertz CT molecular complexity index is 223. The average Bonchev–Trinajstić information content (AvgIpc) is 2.04. The van der Waals surface area contributed by atoms with Gasteiger partial charge in [-0.25, -0.2) is 0 Å². The lowest BCUT2D eigenvalue weighted by molar-refractivity contribution is -0.168. The minimum absolute atomic E-state index is 0.0978. The van der Waals surface area contributed by atoms with Gasteiger partial charge in [0.25, 0.3) is 0 Å². The number of carboxylic acid groups (broad SMARTS) is 1. The van der Waals surface area contributed by atoms with Gasteiger partial charge in [0.05, 0.1) is 6.61 Å². The summed E-state index contributed by atoms with van der Waals surface area (Å²) in [5.41, 5.74) is -1.75. The Hall–Kier alpha value is -1.39. The quantitative estimate of drug-likeness (QED) is 0.379. The molecule has 0 heterocycles. The van der Waals surface area contributed by atoms with Crippen molar-refractivity contribution in [2.45, 2.75) is 20.3 Å². The fourth-order valence-electron chi connectivity index (χ4n) is 0.715. The number of aliphatic carboxylic acids is 1. The molecular formula is C8H12O5. The zero-order valence-corrected chi connectivity index (χ0v) is 7.57. The summed E-state index contributed by atoms with van der Waals surface area (Å²) in [7, 11) is 0. The highest BCUT2D eigenvalue weighted by Gasteiger charge is 2.42. The third kappa shape index (κ3) is 2.54. The van der Waals surface area contributed by atoms with Crippen molar-refractivity contribution < 1.29 is 24.2 Å². The van der Waals surface area contributed by atoms with Gasteiger partial charge in [-0.3, -0.25) is 9.59 Å². The molecule has 5 nitrogen and oxygen atoms in total. The van der Waals surface area contributed by atoms with E-state index in [4.69, 9.17) is 5.11 Å². The van der Waals surface area contributed by atoms with Crippen molar-refractivity contribution in [2.24, 2.45) is 5.41 Å². The van der Waals surface area contributed by atoms with E-state index in [0.717, 1.165) is 0 Å². The molecule has 74 valence electrons. The molecule has 0 aromatic carbocycles. The first kappa shape index (κ1) is 11.6. The van der Waals surface area contributed by atoms with Crippen molar-refractivity contribution in [3.05, 3.63) is 0 Å². The van der Waals surface area contributed by atoms with Crippen LogP contribution in [0, 0.1) is 5.41 Å². The highest BCUT2D eigenvalue weighted by Crippen LogP contribution is 2.22. The number of ether oxygens (including phenoxy) is 1. The first-order chi connectivity index (χ1) is 5.99. The van der Waals surface area contributed by atoms with E-state index in [9.17, 15) is 14.4 Å². The predicted molar refractivity (Wildman–Crippen MR) is 43.1 cm³/mol. The number of carboxylic acids is 1. The average molecular weight is 188 g/mol. The second-order valence-corrected chi connectivity index (χ2v) is 2.73. The van der Waals surface area contributed by atoms with Crippen molar-refractivity contribution in [1.29, 1.82) is 0 Å². The summed E-state index contributed by atoms with van der Waals surface area (Å²) in [6.07, 6.45) is 0.0200. The van der Waals surface area contributed by atoms with Crippen molar-refractivity contribution in [3.8, 4) is 0 Å². The normalized spacial score (nSPS) is 14.3. The highest BCUT2D eigenvalue weighted by atomic mass is 16.5. The third-order valence-corrected chi connectivity index (χ3v) is 1.69. The monoisotopic (exact) mass is 188 g/mol. The van der Waals surface area contributed by atoms with E-state index in [2.05, 4.69) is 4.74 Å². The van der Waals surface area contributed by atoms with Crippen molar-refractivity contribution in [2.75, 3.05) is 6.61 Å². The minimum Gasteiger partial charge on any atom is -0.480 e. The number of carbonyl (C=O) groups is 3. The van der Waals surface area contributed by atoms with Crippen LogP contribution in [0.5, 0.6) is 0 Å². The lowest BCUT2D eigenvalue weighted by atomic mass is 9.88. The van der Waals surface area contributed by atoms with E-state index in [1.54, 1.807) is 6.92 Å². The Labute approximate surface area is 75.7 Å². The molecule has 0 saturated carbocycles. The van der Waals surface area contributed by atoms with E-state index in [-0.39, 0.29) is 13.0 Å². The molecule has 0 aliphatic carbocycles.